The quantitative estimate of drug-likeness (QED) is 0.621. The molecule has 0 atom stereocenters. The molecule has 0 aliphatic heterocycles. The Morgan fingerprint density at radius 2 is 1.73 bits per heavy atom. The maximum absolute atomic E-state index is 5.05. The molecule has 4 rings (SSSR count). The fourth-order valence-corrected chi connectivity index (χ4v) is 4.09. The number of fused-ring (bicyclic) bond motifs is 1. The van der Waals surface area contributed by atoms with Crippen molar-refractivity contribution in [2.45, 2.75) is 52.0 Å². The highest BCUT2D eigenvalue weighted by Crippen LogP contribution is 2.36. The Morgan fingerprint density at radius 3 is 2.42 bits per heavy atom. The lowest BCUT2D eigenvalue weighted by Crippen LogP contribution is -2.22. The van der Waals surface area contributed by atoms with E-state index in [9.17, 15) is 0 Å². The van der Waals surface area contributed by atoms with E-state index in [1.807, 2.05) is 0 Å². The summed E-state index contributed by atoms with van der Waals surface area (Å²) in [6, 6.07) is 17.1. The molecule has 1 fully saturated rings. The van der Waals surface area contributed by atoms with Crippen molar-refractivity contribution in [3.8, 4) is 11.3 Å². The molecule has 1 aliphatic rings. The van der Waals surface area contributed by atoms with Crippen LogP contribution in [0.15, 0.2) is 48.5 Å². The van der Waals surface area contributed by atoms with Gasteiger partial charge in [0.15, 0.2) is 0 Å². The van der Waals surface area contributed by atoms with E-state index in [0.29, 0.717) is 0 Å². The molecular weight excluding hydrogens is 318 g/mol. The molecule has 1 heterocycles. The molecule has 1 N–H and O–H groups in total. The largest absolute Gasteiger partial charge is 0.384 e. The molecule has 3 aromatic rings. The number of nitrogens with one attached hydrogen (secondary N) is 1. The lowest BCUT2D eigenvalue weighted by Gasteiger charge is -2.20. The van der Waals surface area contributed by atoms with Gasteiger partial charge in [0.1, 0.15) is 5.69 Å². The molecule has 3 nitrogen and oxygen atoms in total. The third kappa shape index (κ3) is 3.23. The summed E-state index contributed by atoms with van der Waals surface area (Å²) < 4.78 is 2.17. The van der Waals surface area contributed by atoms with Gasteiger partial charge < -0.3 is 5.32 Å². The van der Waals surface area contributed by atoms with Crippen LogP contribution in [0.1, 0.15) is 46.5 Å². The molecule has 1 saturated carbocycles. The number of anilines is 1. The van der Waals surface area contributed by atoms with Crippen LogP contribution in [-0.2, 0) is 5.54 Å². The molecule has 0 spiro atoms. The minimum absolute atomic E-state index is 0.0602. The first-order chi connectivity index (χ1) is 12.5. The summed E-state index contributed by atoms with van der Waals surface area (Å²) in [7, 11) is 0. The van der Waals surface area contributed by atoms with Gasteiger partial charge in [-0.2, -0.15) is 5.10 Å². The summed E-state index contributed by atoms with van der Waals surface area (Å²) in [6.07, 6.45) is 5.48. The zero-order valence-corrected chi connectivity index (χ0v) is 16.1. The second-order valence-electron chi connectivity index (χ2n) is 8.53. The summed E-state index contributed by atoms with van der Waals surface area (Å²) in [5.74, 6) is 0.808. The third-order valence-electron chi connectivity index (χ3n) is 5.45. The molecule has 0 radical (unpaired) electrons. The van der Waals surface area contributed by atoms with E-state index in [1.165, 1.54) is 47.8 Å². The minimum atomic E-state index is -0.0602. The van der Waals surface area contributed by atoms with Crippen LogP contribution < -0.4 is 5.32 Å². The Labute approximate surface area is 156 Å². The molecule has 1 aliphatic carbocycles. The second-order valence-corrected chi connectivity index (χ2v) is 8.53. The van der Waals surface area contributed by atoms with Crippen molar-refractivity contribution in [3.63, 3.8) is 0 Å². The van der Waals surface area contributed by atoms with Crippen molar-refractivity contribution >= 4 is 16.6 Å². The first kappa shape index (κ1) is 17.1. The maximum atomic E-state index is 5.05. The van der Waals surface area contributed by atoms with Crippen LogP contribution in [0.3, 0.4) is 0 Å². The van der Waals surface area contributed by atoms with Gasteiger partial charge in [-0.25, -0.2) is 0 Å². The maximum Gasteiger partial charge on any atom is 0.102 e. The first-order valence-corrected chi connectivity index (χ1v) is 9.85. The van der Waals surface area contributed by atoms with E-state index in [2.05, 4.69) is 79.3 Å². The zero-order valence-electron chi connectivity index (χ0n) is 16.1. The Hall–Kier alpha value is -2.29. The van der Waals surface area contributed by atoms with E-state index in [4.69, 9.17) is 5.10 Å². The zero-order chi connectivity index (χ0) is 18.1. The molecule has 136 valence electrons. The first-order valence-electron chi connectivity index (χ1n) is 9.85. The Bertz CT molecular complexity index is 881. The van der Waals surface area contributed by atoms with Gasteiger partial charge in [0.05, 0.1) is 16.4 Å². The van der Waals surface area contributed by atoms with Crippen LogP contribution >= 0.6 is 0 Å². The number of nitrogens with zero attached hydrogens (tertiary/aromatic N) is 2. The highest BCUT2D eigenvalue weighted by atomic mass is 15.3. The molecule has 0 bridgehead atoms. The standard InChI is InChI=1S/C23H29N3/c1-23(2,3)26-20-15-9-14-19(24-16-17-10-7-8-11-17)21(20)22(25-26)18-12-5-4-6-13-18/h4-6,9,12-15,17,24H,7-8,10-11,16H2,1-3H3. The lowest BCUT2D eigenvalue weighted by molar-refractivity contribution is 0.369. The third-order valence-corrected chi connectivity index (χ3v) is 5.45. The predicted molar refractivity (Wildman–Crippen MR) is 111 cm³/mol. The predicted octanol–water partition coefficient (Wildman–Crippen LogP) is 6.06. The summed E-state index contributed by atoms with van der Waals surface area (Å²) in [5, 5.41) is 10.0. The van der Waals surface area contributed by atoms with Crippen molar-refractivity contribution < 1.29 is 0 Å². The molecule has 0 unspecified atom stereocenters. The second kappa shape index (κ2) is 6.79. The van der Waals surface area contributed by atoms with Gasteiger partial charge in [-0.3, -0.25) is 4.68 Å². The van der Waals surface area contributed by atoms with Crippen molar-refractivity contribution in [1.29, 1.82) is 0 Å². The number of aromatic nitrogens is 2. The van der Waals surface area contributed by atoms with Gasteiger partial charge in [0, 0.05) is 17.8 Å². The van der Waals surface area contributed by atoms with Gasteiger partial charge in [-0.05, 0) is 51.7 Å². The molecule has 0 saturated heterocycles. The van der Waals surface area contributed by atoms with Crippen LogP contribution in [-0.4, -0.2) is 16.3 Å². The van der Waals surface area contributed by atoms with Crippen molar-refractivity contribution in [2.24, 2.45) is 5.92 Å². The molecule has 26 heavy (non-hydrogen) atoms. The van der Waals surface area contributed by atoms with Crippen LogP contribution in [0.25, 0.3) is 22.2 Å². The van der Waals surface area contributed by atoms with Gasteiger partial charge in [-0.15, -0.1) is 0 Å². The Kier molecular flexibility index (Phi) is 4.47. The van der Waals surface area contributed by atoms with Crippen LogP contribution in [0.4, 0.5) is 5.69 Å². The van der Waals surface area contributed by atoms with Crippen molar-refractivity contribution in [2.75, 3.05) is 11.9 Å². The Balaban J connectivity index is 1.83. The minimum Gasteiger partial charge on any atom is -0.384 e. The number of hydrogen-bond acceptors (Lipinski definition) is 2. The summed E-state index contributed by atoms with van der Waals surface area (Å²) in [5.41, 5.74) is 4.60. The fourth-order valence-electron chi connectivity index (χ4n) is 4.09. The van der Waals surface area contributed by atoms with E-state index in [0.717, 1.165) is 18.2 Å². The molecule has 0 amide bonds. The van der Waals surface area contributed by atoms with E-state index < -0.39 is 0 Å². The summed E-state index contributed by atoms with van der Waals surface area (Å²) in [6.45, 7) is 7.71. The average Bonchev–Trinajstić information content (AvgIpc) is 3.28. The van der Waals surface area contributed by atoms with Crippen LogP contribution in [0, 0.1) is 5.92 Å². The fraction of sp³-hybridized carbons (Fsp3) is 0.435. The average molecular weight is 348 g/mol. The van der Waals surface area contributed by atoms with Gasteiger partial charge in [-0.1, -0.05) is 49.2 Å². The highest BCUT2D eigenvalue weighted by molar-refractivity contribution is 6.02. The molecular formula is C23H29N3. The highest BCUT2D eigenvalue weighted by Gasteiger charge is 2.23. The molecule has 3 heteroatoms. The van der Waals surface area contributed by atoms with E-state index in [-0.39, 0.29) is 5.54 Å². The van der Waals surface area contributed by atoms with Crippen molar-refractivity contribution in [3.05, 3.63) is 48.5 Å². The Morgan fingerprint density at radius 1 is 1.00 bits per heavy atom. The topological polar surface area (TPSA) is 29.9 Å². The van der Waals surface area contributed by atoms with Crippen molar-refractivity contribution in [1.82, 2.24) is 9.78 Å². The van der Waals surface area contributed by atoms with Gasteiger partial charge in [0.25, 0.3) is 0 Å². The SMILES string of the molecule is CC(C)(C)n1nc(-c2ccccc2)c2c(NCC3CCCC3)cccc21. The number of benzene rings is 2. The van der Waals surface area contributed by atoms with Gasteiger partial charge in [0.2, 0.25) is 0 Å². The normalized spacial score (nSPS) is 15.7. The van der Waals surface area contributed by atoms with Crippen LogP contribution in [0.2, 0.25) is 0 Å². The number of rotatable bonds is 4. The smallest absolute Gasteiger partial charge is 0.102 e. The number of hydrogen-bond donors (Lipinski definition) is 1. The van der Waals surface area contributed by atoms with Gasteiger partial charge >= 0.3 is 0 Å². The van der Waals surface area contributed by atoms with E-state index in [1.54, 1.807) is 0 Å². The van der Waals surface area contributed by atoms with E-state index >= 15 is 0 Å². The van der Waals surface area contributed by atoms with Crippen LogP contribution in [0.5, 0.6) is 0 Å². The lowest BCUT2D eigenvalue weighted by atomic mass is 10.0. The summed E-state index contributed by atoms with van der Waals surface area (Å²) >= 11 is 0. The molecule has 1 aromatic heterocycles. The summed E-state index contributed by atoms with van der Waals surface area (Å²) in [4.78, 5) is 0. The molecule has 2 aromatic carbocycles. The monoisotopic (exact) mass is 347 g/mol.